The Labute approximate surface area is 110 Å². The van der Waals surface area contributed by atoms with E-state index in [4.69, 9.17) is 10.2 Å². The number of anilines is 1. The molecule has 8 heteroatoms. The van der Waals surface area contributed by atoms with Gasteiger partial charge >= 0.3 is 5.97 Å². The summed E-state index contributed by atoms with van der Waals surface area (Å²) in [4.78, 5) is 10.9. The molecule has 0 radical (unpaired) electrons. The van der Waals surface area contributed by atoms with Crippen LogP contribution in [-0.4, -0.2) is 36.7 Å². The van der Waals surface area contributed by atoms with E-state index in [0.717, 1.165) is 6.07 Å². The Morgan fingerprint density at radius 1 is 1.37 bits per heavy atom. The predicted molar refractivity (Wildman–Crippen MR) is 67.4 cm³/mol. The van der Waals surface area contributed by atoms with Crippen molar-refractivity contribution in [3.63, 3.8) is 0 Å². The van der Waals surface area contributed by atoms with Crippen molar-refractivity contribution < 1.29 is 23.4 Å². The number of hydrogen-bond donors (Lipinski definition) is 4. The molecule has 0 aliphatic heterocycles. The number of carboxylic acids is 1. The molecule has 0 spiro atoms. The molecule has 0 saturated heterocycles. The first-order valence-corrected chi connectivity index (χ1v) is 7.17. The molecule has 1 aromatic rings. The second-order valence-corrected chi connectivity index (χ2v) is 6.09. The van der Waals surface area contributed by atoms with Gasteiger partial charge in [0.15, 0.2) is 0 Å². The van der Waals surface area contributed by atoms with Gasteiger partial charge in [0.25, 0.3) is 0 Å². The number of aliphatic hydroxyl groups excluding tert-OH is 1. The van der Waals surface area contributed by atoms with Gasteiger partial charge in [-0.25, -0.2) is 18.4 Å². The summed E-state index contributed by atoms with van der Waals surface area (Å²) >= 11 is 0. The number of nitrogens with one attached hydrogen (secondary N) is 1. The average Bonchev–Trinajstić information content (AvgIpc) is 2.25. The van der Waals surface area contributed by atoms with Crippen LogP contribution in [0.2, 0.25) is 0 Å². The van der Waals surface area contributed by atoms with E-state index < -0.39 is 16.0 Å². The van der Waals surface area contributed by atoms with E-state index >= 15 is 0 Å². The maximum absolute atomic E-state index is 11.2. The molecule has 1 fully saturated rings. The van der Waals surface area contributed by atoms with E-state index in [-0.39, 0.29) is 22.6 Å². The lowest BCUT2D eigenvalue weighted by Crippen LogP contribution is -2.39. The number of aromatic carboxylic acids is 1. The van der Waals surface area contributed by atoms with Crippen molar-refractivity contribution in [1.29, 1.82) is 0 Å². The zero-order valence-electron chi connectivity index (χ0n) is 9.91. The van der Waals surface area contributed by atoms with Crippen molar-refractivity contribution in [3.05, 3.63) is 23.8 Å². The van der Waals surface area contributed by atoms with Gasteiger partial charge in [0, 0.05) is 11.7 Å². The lowest BCUT2D eigenvalue weighted by atomic mass is 9.89. The number of sulfonamides is 1. The van der Waals surface area contributed by atoms with Crippen LogP contribution in [0.15, 0.2) is 23.1 Å². The summed E-state index contributed by atoms with van der Waals surface area (Å²) in [6.07, 6.45) is 0.709. The van der Waals surface area contributed by atoms with Crippen LogP contribution in [0.25, 0.3) is 0 Å². The number of rotatable bonds is 4. The van der Waals surface area contributed by atoms with Crippen LogP contribution in [-0.2, 0) is 10.0 Å². The van der Waals surface area contributed by atoms with Crippen LogP contribution in [0.5, 0.6) is 0 Å². The van der Waals surface area contributed by atoms with Crippen molar-refractivity contribution in [2.75, 3.05) is 5.32 Å². The first-order chi connectivity index (χ1) is 8.77. The standard InChI is InChI=1S/C11H14N2O5S/c12-19(17,18)8-1-2-10(9(5-8)11(15)16)13-6-3-7(14)4-6/h1-2,5-7,13-14H,3-4H2,(H,15,16)(H2,12,17,18). The number of benzene rings is 1. The van der Waals surface area contributed by atoms with Gasteiger partial charge in [-0.1, -0.05) is 0 Å². The summed E-state index contributed by atoms with van der Waals surface area (Å²) in [7, 11) is -3.94. The fraction of sp³-hybridized carbons (Fsp3) is 0.364. The summed E-state index contributed by atoms with van der Waals surface area (Å²) in [5.41, 5.74) is 0.157. The first-order valence-electron chi connectivity index (χ1n) is 5.62. The second-order valence-electron chi connectivity index (χ2n) is 4.52. The Balaban J connectivity index is 2.31. The van der Waals surface area contributed by atoms with E-state index in [1.54, 1.807) is 0 Å². The van der Waals surface area contributed by atoms with Crippen LogP contribution < -0.4 is 10.5 Å². The summed E-state index contributed by atoms with van der Waals surface area (Å²) < 4.78 is 22.4. The second kappa shape index (κ2) is 4.80. The number of carboxylic acid groups (broad SMARTS) is 1. The monoisotopic (exact) mass is 286 g/mol. The molecule has 0 bridgehead atoms. The molecule has 0 aromatic heterocycles. The molecule has 1 aromatic carbocycles. The molecule has 5 N–H and O–H groups in total. The number of primary sulfonamides is 1. The highest BCUT2D eigenvalue weighted by Crippen LogP contribution is 2.27. The average molecular weight is 286 g/mol. The van der Waals surface area contributed by atoms with Crippen molar-refractivity contribution in [2.24, 2.45) is 5.14 Å². The maximum atomic E-state index is 11.2. The molecule has 0 amide bonds. The van der Waals surface area contributed by atoms with E-state index in [9.17, 15) is 18.3 Å². The van der Waals surface area contributed by atoms with E-state index in [1.807, 2.05) is 0 Å². The summed E-state index contributed by atoms with van der Waals surface area (Å²) in [5.74, 6) is -1.24. The van der Waals surface area contributed by atoms with E-state index in [2.05, 4.69) is 5.32 Å². The molecule has 19 heavy (non-hydrogen) atoms. The van der Waals surface area contributed by atoms with Gasteiger partial charge in [-0.05, 0) is 31.0 Å². The third kappa shape index (κ3) is 3.03. The van der Waals surface area contributed by atoms with Gasteiger partial charge in [-0.15, -0.1) is 0 Å². The van der Waals surface area contributed by atoms with Gasteiger partial charge < -0.3 is 15.5 Å². The summed E-state index contributed by atoms with van der Waals surface area (Å²) in [6.45, 7) is 0. The SMILES string of the molecule is NS(=O)(=O)c1ccc(NC2CC(O)C2)c(C(=O)O)c1. The van der Waals surface area contributed by atoms with Crippen LogP contribution >= 0.6 is 0 Å². The minimum Gasteiger partial charge on any atom is -0.478 e. The Morgan fingerprint density at radius 2 is 2.00 bits per heavy atom. The minimum atomic E-state index is -3.94. The van der Waals surface area contributed by atoms with Crippen LogP contribution in [0.1, 0.15) is 23.2 Å². The zero-order chi connectivity index (χ0) is 14.2. The Hall–Kier alpha value is -1.64. The lowest BCUT2D eigenvalue weighted by molar-refractivity contribution is 0.0697. The van der Waals surface area contributed by atoms with Crippen LogP contribution in [0.4, 0.5) is 5.69 Å². The van der Waals surface area contributed by atoms with Crippen molar-refractivity contribution >= 4 is 21.7 Å². The van der Waals surface area contributed by atoms with Gasteiger partial charge in [0.2, 0.25) is 10.0 Å². The zero-order valence-corrected chi connectivity index (χ0v) is 10.7. The van der Waals surface area contributed by atoms with E-state index in [0.29, 0.717) is 18.5 Å². The summed E-state index contributed by atoms with van der Waals surface area (Å²) in [5, 5.41) is 26.2. The molecule has 0 heterocycles. The number of hydrogen-bond acceptors (Lipinski definition) is 5. The van der Waals surface area contributed by atoms with Crippen molar-refractivity contribution in [3.8, 4) is 0 Å². The molecule has 7 nitrogen and oxygen atoms in total. The number of aliphatic hydroxyl groups is 1. The maximum Gasteiger partial charge on any atom is 0.337 e. The largest absolute Gasteiger partial charge is 0.478 e. The highest BCUT2D eigenvalue weighted by molar-refractivity contribution is 7.89. The highest BCUT2D eigenvalue weighted by Gasteiger charge is 2.28. The predicted octanol–water partition coefficient (Wildman–Crippen LogP) is -0.0326. The highest BCUT2D eigenvalue weighted by atomic mass is 32.2. The topological polar surface area (TPSA) is 130 Å². The molecule has 1 aliphatic carbocycles. The summed E-state index contributed by atoms with van der Waals surface area (Å²) in [6, 6.07) is 3.63. The molecule has 104 valence electrons. The Morgan fingerprint density at radius 3 is 2.47 bits per heavy atom. The first kappa shape index (κ1) is 13.8. The molecule has 2 rings (SSSR count). The van der Waals surface area contributed by atoms with Crippen molar-refractivity contribution in [2.45, 2.75) is 29.9 Å². The number of nitrogens with two attached hydrogens (primary N) is 1. The molecular formula is C11H14N2O5S. The quantitative estimate of drug-likeness (QED) is 0.615. The number of carbonyl (C=O) groups is 1. The molecule has 0 atom stereocenters. The molecular weight excluding hydrogens is 272 g/mol. The van der Waals surface area contributed by atoms with Crippen LogP contribution in [0.3, 0.4) is 0 Å². The molecule has 0 unspecified atom stereocenters. The van der Waals surface area contributed by atoms with Gasteiger partial charge in [0.1, 0.15) is 0 Å². The van der Waals surface area contributed by atoms with Crippen molar-refractivity contribution in [1.82, 2.24) is 0 Å². The normalized spacial score (nSPS) is 22.6. The third-order valence-electron chi connectivity index (χ3n) is 3.02. The van der Waals surface area contributed by atoms with Gasteiger partial charge in [0.05, 0.1) is 16.6 Å². The Kier molecular flexibility index (Phi) is 3.48. The van der Waals surface area contributed by atoms with Gasteiger partial charge in [-0.2, -0.15) is 0 Å². The fourth-order valence-electron chi connectivity index (χ4n) is 1.93. The van der Waals surface area contributed by atoms with Gasteiger partial charge in [-0.3, -0.25) is 0 Å². The fourth-order valence-corrected chi connectivity index (χ4v) is 2.47. The third-order valence-corrected chi connectivity index (χ3v) is 3.93. The van der Waals surface area contributed by atoms with Crippen LogP contribution in [0, 0.1) is 0 Å². The van der Waals surface area contributed by atoms with E-state index in [1.165, 1.54) is 12.1 Å². The smallest absolute Gasteiger partial charge is 0.337 e. The minimum absolute atomic E-state index is 0.00608. The molecule has 1 aliphatic rings. The Bertz CT molecular complexity index is 608. The molecule has 1 saturated carbocycles. The lowest BCUT2D eigenvalue weighted by Gasteiger charge is -2.33.